The number of rotatable bonds is 3. The second-order valence-electron chi connectivity index (χ2n) is 5.12. The minimum atomic E-state index is -0.339. The van der Waals surface area contributed by atoms with Gasteiger partial charge >= 0.3 is 0 Å². The van der Waals surface area contributed by atoms with Crippen LogP contribution in [0.4, 0.5) is 5.82 Å². The van der Waals surface area contributed by atoms with Crippen LogP contribution in [-0.2, 0) is 10.2 Å². The number of benzene rings is 1. The Kier molecular flexibility index (Phi) is 2.82. The fourth-order valence-electron chi connectivity index (χ4n) is 2.31. The van der Waals surface area contributed by atoms with Crippen molar-refractivity contribution in [3.8, 4) is 0 Å². The maximum atomic E-state index is 12.4. The van der Waals surface area contributed by atoms with E-state index < -0.39 is 0 Å². The molecular formula is C16H16N2O. The molecule has 3 nitrogen and oxygen atoms in total. The Hall–Kier alpha value is -2.16. The maximum absolute atomic E-state index is 12.4. The summed E-state index contributed by atoms with van der Waals surface area (Å²) in [5, 5.41) is 2.92. The molecule has 1 fully saturated rings. The quantitative estimate of drug-likeness (QED) is 0.912. The Morgan fingerprint density at radius 3 is 2.47 bits per heavy atom. The Morgan fingerprint density at radius 2 is 1.89 bits per heavy atom. The number of pyridine rings is 1. The normalized spacial score (nSPS) is 15.8. The van der Waals surface area contributed by atoms with Crippen molar-refractivity contribution in [2.24, 2.45) is 0 Å². The zero-order valence-corrected chi connectivity index (χ0v) is 10.9. The average molecular weight is 252 g/mol. The van der Waals surface area contributed by atoms with E-state index in [4.69, 9.17) is 0 Å². The predicted octanol–water partition coefficient (Wildman–Crippen LogP) is 3.06. The lowest BCUT2D eigenvalue weighted by Gasteiger charge is -2.15. The topological polar surface area (TPSA) is 42.0 Å². The zero-order valence-electron chi connectivity index (χ0n) is 10.9. The van der Waals surface area contributed by atoms with E-state index >= 15 is 0 Å². The number of aryl methyl sites for hydroxylation is 1. The van der Waals surface area contributed by atoms with Gasteiger partial charge in [0.2, 0.25) is 5.91 Å². The van der Waals surface area contributed by atoms with Gasteiger partial charge in [0.1, 0.15) is 5.82 Å². The summed E-state index contributed by atoms with van der Waals surface area (Å²) in [7, 11) is 0. The molecule has 1 heterocycles. The fraction of sp³-hybridized carbons (Fsp3) is 0.250. The fourth-order valence-corrected chi connectivity index (χ4v) is 2.31. The second kappa shape index (κ2) is 4.50. The van der Waals surface area contributed by atoms with Crippen LogP contribution >= 0.6 is 0 Å². The van der Waals surface area contributed by atoms with Gasteiger partial charge in [-0.1, -0.05) is 36.4 Å². The molecule has 0 bridgehead atoms. The van der Waals surface area contributed by atoms with Gasteiger partial charge in [-0.3, -0.25) is 4.79 Å². The van der Waals surface area contributed by atoms with E-state index in [0.29, 0.717) is 5.82 Å². The van der Waals surface area contributed by atoms with Crippen molar-refractivity contribution < 1.29 is 4.79 Å². The van der Waals surface area contributed by atoms with E-state index in [2.05, 4.69) is 10.3 Å². The molecule has 1 amide bonds. The van der Waals surface area contributed by atoms with Crippen molar-refractivity contribution in [2.45, 2.75) is 25.2 Å². The van der Waals surface area contributed by atoms with Gasteiger partial charge in [-0.05, 0) is 37.0 Å². The zero-order chi connectivity index (χ0) is 13.3. The standard InChI is InChI=1S/C16H16N2O/c1-12-7-8-14(17-11-12)18-15(19)16(9-10-16)13-5-3-2-4-6-13/h2-8,11H,9-10H2,1H3,(H,17,18,19). The molecular weight excluding hydrogens is 236 g/mol. The van der Waals surface area contributed by atoms with Gasteiger partial charge in [0.05, 0.1) is 5.41 Å². The van der Waals surface area contributed by atoms with Gasteiger partial charge in [0.15, 0.2) is 0 Å². The van der Waals surface area contributed by atoms with Crippen LogP contribution in [0.2, 0.25) is 0 Å². The summed E-state index contributed by atoms with van der Waals surface area (Å²) < 4.78 is 0. The number of nitrogens with one attached hydrogen (secondary N) is 1. The van der Waals surface area contributed by atoms with E-state index in [0.717, 1.165) is 24.0 Å². The highest BCUT2D eigenvalue weighted by atomic mass is 16.2. The maximum Gasteiger partial charge on any atom is 0.236 e. The van der Waals surface area contributed by atoms with E-state index in [1.54, 1.807) is 6.20 Å². The number of amides is 1. The molecule has 0 saturated heterocycles. The Labute approximate surface area is 112 Å². The number of hydrogen-bond acceptors (Lipinski definition) is 2. The molecule has 96 valence electrons. The molecule has 19 heavy (non-hydrogen) atoms. The number of aromatic nitrogens is 1. The van der Waals surface area contributed by atoms with Crippen LogP contribution in [0.25, 0.3) is 0 Å². The largest absolute Gasteiger partial charge is 0.310 e. The van der Waals surface area contributed by atoms with Crippen molar-refractivity contribution in [1.29, 1.82) is 0 Å². The number of carbonyl (C=O) groups is 1. The number of carbonyl (C=O) groups excluding carboxylic acids is 1. The van der Waals surface area contributed by atoms with E-state index in [1.165, 1.54) is 0 Å². The van der Waals surface area contributed by atoms with Crippen molar-refractivity contribution in [3.05, 3.63) is 59.8 Å². The van der Waals surface area contributed by atoms with Crippen LogP contribution in [-0.4, -0.2) is 10.9 Å². The third kappa shape index (κ3) is 2.24. The lowest BCUT2D eigenvalue weighted by molar-refractivity contribution is -0.118. The molecule has 1 N–H and O–H groups in total. The smallest absolute Gasteiger partial charge is 0.236 e. The molecule has 1 aromatic carbocycles. The molecule has 1 aromatic heterocycles. The van der Waals surface area contributed by atoms with Crippen molar-refractivity contribution in [2.75, 3.05) is 5.32 Å². The first-order chi connectivity index (χ1) is 9.21. The Balaban J connectivity index is 1.79. The number of hydrogen-bond donors (Lipinski definition) is 1. The summed E-state index contributed by atoms with van der Waals surface area (Å²) in [5.74, 6) is 0.674. The molecule has 3 heteroatoms. The van der Waals surface area contributed by atoms with Gasteiger partial charge < -0.3 is 5.32 Å². The summed E-state index contributed by atoms with van der Waals surface area (Å²) in [4.78, 5) is 16.7. The molecule has 0 spiro atoms. The van der Waals surface area contributed by atoms with Gasteiger partial charge in [-0.15, -0.1) is 0 Å². The molecule has 0 atom stereocenters. The van der Waals surface area contributed by atoms with E-state index in [1.807, 2.05) is 49.4 Å². The average Bonchev–Trinajstić information content (AvgIpc) is 3.24. The molecule has 1 saturated carbocycles. The molecule has 0 unspecified atom stereocenters. The number of nitrogens with zero attached hydrogens (tertiary/aromatic N) is 1. The number of anilines is 1. The van der Waals surface area contributed by atoms with Crippen molar-refractivity contribution >= 4 is 11.7 Å². The Bertz CT molecular complexity index is 586. The third-order valence-corrected chi connectivity index (χ3v) is 3.66. The molecule has 1 aliphatic carbocycles. The minimum Gasteiger partial charge on any atom is -0.310 e. The molecule has 2 aromatic rings. The van der Waals surface area contributed by atoms with Crippen LogP contribution in [0.1, 0.15) is 24.0 Å². The first-order valence-electron chi connectivity index (χ1n) is 6.50. The molecule has 3 rings (SSSR count). The molecule has 0 radical (unpaired) electrons. The van der Waals surface area contributed by atoms with E-state index in [9.17, 15) is 4.79 Å². The van der Waals surface area contributed by atoms with Gasteiger partial charge in [-0.2, -0.15) is 0 Å². The monoisotopic (exact) mass is 252 g/mol. The predicted molar refractivity (Wildman–Crippen MR) is 75.0 cm³/mol. The van der Waals surface area contributed by atoms with Crippen molar-refractivity contribution in [1.82, 2.24) is 4.98 Å². The first-order valence-corrected chi connectivity index (χ1v) is 6.50. The van der Waals surface area contributed by atoms with E-state index in [-0.39, 0.29) is 11.3 Å². The van der Waals surface area contributed by atoms with Crippen LogP contribution < -0.4 is 5.32 Å². The highest BCUT2D eigenvalue weighted by Crippen LogP contribution is 2.48. The van der Waals surface area contributed by atoms with Crippen molar-refractivity contribution in [3.63, 3.8) is 0 Å². The summed E-state index contributed by atoms with van der Waals surface area (Å²) in [6.45, 7) is 1.98. The lowest BCUT2D eigenvalue weighted by Crippen LogP contribution is -2.28. The third-order valence-electron chi connectivity index (χ3n) is 3.66. The minimum absolute atomic E-state index is 0.0510. The highest BCUT2D eigenvalue weighted by Gasteiger charge is 2.51. The SMILES string of the molecule is Cc1ccc(NC(=O)C2(c3ccccc3)CC2)nc1. The second-order valence-corrected chi connectivity index (χ2v) is 5.12. The van der Waals surface area contributed by atoms with Crippen LogP contribution in [0.5, 0.6) is 0 Å². The summed E-state index contributed by atoms with van der Waals surface area (Å²) >= 11 is 0. The van der Waals surface area contributed by atoms with Crippen LogP contribution in [0.3, 0.4) is 0 Å². The van der Waals surface area contributed by atoms with Gasteiger partial charge in [0, 0.05) is 6.20 Å². The lowest BCUT2D eigenvalue weighted by atomic mass is 9.95. The van der Waals surface area contributed by atoms with Gasteiger partial charge in [0.25, 0.3) is 0 Å². The summed E-state index contributed by atoms with van der Waals surface area (Å²) in [6, 6.07) is 13.8. The summed E-state index contributed by atoms with van der Waals surface area (Å²) in [5.41, 5.74) is 1.84. The van der Waals surface area contributed by atoms with Gasteiger partial charge in [-0.25, -0.2) is 4.98 Å². The molecule has 0 aliphatic heterocycles. The first kappa shape index (κ1) is 11.9. The highest BCUT2D eigenvalue weighted by molar-refractivity contribution is 6.00. The van der Waals surface area contributed by atoms with Crippen LogP contribution in [0, 0.1) is 6.92 Å². The van der Waals surface area contributed by atoms with Crippen LogP contribution in [0.15, 0.2) is 48.7 Å². The molecule has 1 aliphatic rings. The summed E-state index contributed by atoms with van der Waals surface area (Å²) in [6.07, 6.45) is 3.58. The Morgan fingerprint density at radius 1 is 1.16 bits per heavy atom.